The lowest BCUT2D eigenvalue weighted by molar-refractivity contribution is 0.0895. The number of nitrogens with zero attached hydrogens (tertiary/aromatic N) is 5. The van der Waals surface area contributed by atoms with Crippen molar-refractivity contribution in [2.45, 2.75) is 38.8 Å². The number of anilines is 2. The van der Waals surface area contributed by atoms with E-state index in [9.17, 15) is 4.79 Å². The summed E-state index contributed by atoms with van der Waals surface area (Å²) < 4.78 is 8.15. The first-order valence-electron chi connectivity index (χ1n) is 14.4. The lowest BCUT2D eigenvalue weighted by atomic mass is 10.0. The molecular weight excluding hydrogens is 526 g/mol. The summed E-state index contributed by atoms with van der Waals surface area (Å²) in [5.74, 6) is 1.72. The van der Waals surface area contributed by atoms with Gasteiger partial charge in [0.25, 0.3) is 5.91 Å². The molecule has 42 heavy (non-hydrogen) atoms. The van der Waals surface area contributed by atoms with Gasteiger partial charge in [0.2, 0.25) is 5.95 Å². The Morgan fingerprint density at radius 3 is 2.52 bits per heavy atom. The Morgan fingerprint density at radius 1 is 0.952 bits per heavy atom. The fourth-order valence-corrected chi connectivity index (χ4v) is 5.36. The van der Waals surface area contributed by atoms with Crippen LogP contribution >= 0.6 is 0 Å². The Kier molecular flexibility index (Phi) is 7.83. The van der Waals surface area contributed by atoms with E-state index in [0.717, 1.165) is 59.7 Å². The van der Waals surface area contributed by atoms with Gasteiger partial charge >= 0.3 is 0 Å². The molecule has 218 valence electrons. The highest BCUT2D eigenvalue weighted by atomic mass is 16.5. The highest BCUT2D eigenvalue weighted by Crippen LogP contribution is 2.29. The van der Waals surface area contributed by atoms with Gasteiger partial charge < -0.3 is 24.8 Å². The molecule has 0 spiro atoms. The number of imidazole rings is 1. The van der Waals surface area contributed by atoms with E-state index in [0.29, 0.717) is 23.2 Å². The van der Waals surface area contributed by atoms with Crippen LogP contribution in [0.2, 0.25) is 0 Å². The second-order valence-corrected chi connectivity index (χ2v) is 10.9. The van der Waals surface area contributed by atoms with E-state index >= 15 is 0 Å². The lowest BCUT2D eigenvalue weighted by Gasteiger charge is -2.34. The third-order valence-corrected chi connectivity index (χ3v) is 7.78. The van der Waals surface area contributed by atoms with Crippen molar-refractivity contribution in [3.63, 3.8) is 0 Å². The molecule has 9 heteroatoms. The van der Waals surface area contributed by atoms with Gasteiger partial charge in [-0.1, -0.05) is 12.1 Å². The maximum atomic E-state index is 12.9. The normalized spacial score (nSPS) is 14.3. The molecule has 0 radical (unpaired) electrons. The van der Waals surface area contributed by atoms with Crippen LogP contribution in [0.4, 0.5) is 11.6 Å². The predicted octanol–water partition coefficient (Wildman–Crippen LogP) is 6.66. The Bertz CT molecular complexity index is 1700. The van der Waals surface area contributed by atoms with Gasteiger partial charge in [0.15, 0.2) is 0 Å². The van der Waals surface area contributed by atoms with Gasteiger partial charge in [-0.15, -0.1) is 0 Å². The van der Waals surface area contributed by atoms with Crippen molar-refractivity contribution in [1.82, 2.24) is 29.7 Å². The number of aryl methyl sites for hydroxylation is 1. The van der Waals surface area contributed by atoms with Crippen molar-refractivity contribution in [3.05, 3.63) is 91.0 Å². The van der Waals surface area contributed by atoms with E-state index in [-0.39, 0.29) is 14.8 Å². The Balaban J connectivity index is 0.00000221. The summed E-state index contributed by atoms with van der Waals surface area (Å²) in [5.41, 5.74) is 5.24. The third-order valence-electron chi connectivity index (χ3n) is 7.78. The molecule has 1 aliphatic rings. The van der Waals surface area contributed by atoms with Crippen LogP contribution in [0, 0.1) is 0 Å². The highest BCUT2D eigenvalue weighted by molar-refractivity contribution is 5.92. The van der Waals surface area contributed by atoms with Crippen LogP contribution in [0.15, 0.2) is 85.3 Å². The molecule has 1 fully saturated rings. The van der Waals surface area contributed by atoms with Crippen LogP contribution < -0.4 is 15.4 Å². The number of aromatic nitrogens is 4. The lowest BCUT2D eigenvalue weighted by Crippen LogP contribution is -2.46. The standard InChI is InChI=1S/C33H35N7O2.2H2/c1-22(2)40-17-12-25(13-18-40)36-32(41)30-21-28(11-16-35-30)42-27-7-8-31-29(20-27)38-33(39(31)3)37-26-6-4-5-24(19-26)23-9-14-34-15-10-23;;/h4-11,14-16,19-22,25H,12-13,17-18H2,1-3H3,(H,36,41)(H,37,38);2*1H. The van der Waals surface area contributed by atoms with Crippen LogP contribution in [0.5, 0.6) is 11.5 Å². The number of piperidine rings is 1. The number of nitrogens with one attached hydrogen (secondary N) is 2. The third kappa shape index (κ3) is 6.11. The zero-order valence-corrected chi connectivity index (χ0v) is 24.1. The number of rotatable bonds is 8. The highest BCUT2D eigenvalue weighted by Gasteiger charge is 2.23. The second kappa shape index (κ2) is 12.0. The number of benzene rings is 2. The first-order valence-corrected chi connectivity index (χ1v) is 14.4. The fourth-order valence-electron chi connectivity index (χ4n) is 5.36. The summed E-state index contributed by atoms with van der Waals surface area (Å²) in [7, 11) is 1.98. The Hall–Kier alpha value is -4.76. The molecule has 2 N–H and O–H groups in total. The van der Waals surface area contributed by atoms with Crippen molar-refractivity contribution in [3.8, 4) is 22.6 Å². The molecule has 6 rings (SSSR count). The van der Waals surface area contributed by atoms with E-state index < -0.39 is 0 Å². The average Bonchev–Trinajstić information content (AvgIpc) is 3.32. The zero-order chi connectivity index (χ0) is 29.1. The number of ether oxygens (including phenoxy) is 1. The smallest absolute Gasteiger partial charge is 0.270 e. The molecule has 0 saturated carbocycles. The first kappa shape index (κ1) is 27.4. The number of carbonyl (C=O) groups is 1. The van der Waals surface area contributed by atoms with E-state index in [1.54, 1.807) is 30.7 Å². The summed E-state index contributed by atoms with van der Waals surface area (Å²) in [6.45, 7) is 6.40. The zero-order valence-electron chi connectivity index (χ0n) is 24.1. The number of likely N-dealkylation sites (tertiary alicyclic amines) is 1. The largest absolute Gasteiger partial charge is 0.457 e. The van der Waals surface area contributed by atoms with Crippen molar-refractivity contribution in [2.24, 2.45) is 7.05 Å². The minimum Gasteiger partial charge on any atom is -0.457 e. The minimum absolute atomic E-state index is 0. The molecular formula is C33H39N7O2. The number of hydrogen-bond acceptors (Lipinski definition) is 7. The van der Waals surface area contributed by atoms with Crippen LogP contribution in [-0.2, 0) is 7.05 Å². The van der Waals surface area contributed by atoms with Crippen molar-refractivity contribution >= 4 is 28.6 Å². The van der Waals surface area contributed by atoms with Crippen LogP contribution in [0.1, 0.15) is 40.0 Å². The summed E-state index contributed by atoms with van der Waals surface area (Å²) in [6, 6.07) is 22.1. The summed E-state index contributed by atoms with van der Waals surface area (Å²) in [4.78, 5) is 28.6. The summed E-state index contributed by atoms with van der Waals surface area (Å²) in [5, 5.41) is 6.59. The molecule has 4 heterocycles. The van der Waals surface area contributed by atoms with E-state index in [4.69, 9.17) is 9.72 Å². The minimum atomic E-state index is -0.174. The summed E-state index contributed by atoms with van der Waals surface area (Å²) in [6.07, 6.45) is 7.07. The molecule has 0 atom stereocenters. The number of carbonyl (C=O) groups excluding carboxylic acids is 1. The van der Waals surface area contributed by atoms with Gasteiger partial charge in [-0.3, -0.25) is 14.8 Å². The van der Waals surface area contributed by atoms with Crippen molar-refractivity contribution in [1.29, 1.82) is 0 Å². The van der Waals surface area contributed by atoms with Crippen LogP contribution in [0.25, 0.3) is 22.2 Å². The number of fused-ring (bicyclic) bond motifs is 1. The number of pyridine rings is 2. The van der Waals surface area contributed by atoms with Crippen molar-refractivity contribution in [2.75, 3.05) is 18.4 Å². The van der Waals surface area contributed by atoms with Gasteiger partial charge in [0.05, 0.1) is 11.0 Å². The molecule has 5 aromatic rings. The maximum absolute atomic E-state index is 12.9. The average molecular weight is 566 g/mol. The van der Waals surface area contributed by atoms with Gasteiger partial charge in [0.1, 0.15) is 17.2 Å². The molecule has 1 aliphatic heterocycles. The molecule has 0 aliphatic carbocycles. The topological polar surface area (TPSA) is 97.2 Å². The van der Waals surface area contributed by atoms with Gasteiger partial charge in [0, 0.05) is 71.5 Å². The first-order chi connectivity index (χ1) is 20.4. The number of hydrogen-bond donors (Lipinski definition) is 2. The maximum Gasteiger partial charge on any atom is 0.270 e. The quantitative estimate of drug-likeness (QED) is 0.217. The molecule has 0 unspecified atom stereocenters. The van der Waals surface area contributed by atoms with Crippen LogP contribution in [0.3, 0.4) is 0 Å². The number of amides is 1. The van der Waals surface area contributed by atoms with Crippen LogP contribution in [-0.4, -0.2) is 55.5 Å². The van der Waals surface area contributed by atoms with Gasteiger partial charge in [-0.25, -0.2) is 4.98 Å². The van der Waals surface area contributed by atoms with E-state index in [2.05, 4.69) is 51.5 Å². The molecule has 1 amide bonds. The second-order valence-electron chi connectivity index (χ2n) is 10.9. The molecule has 1 saturated heterocycles. The SMILES string of the molecule is CC(C)N1CCC(NC(=O)c2cc(Oc3ccc4c(c3)nc(Nc3cccc(-c5ccncc5)c3)n4C)ccn2)CC1.[HH].[HH]. The predicted molar refractivity (Wildman–Crippen MR) is 169 cm³/mol. The molecule has 2 aromatic carbocycles. The van der Waals surface area contributed by atoms with E-state index in [1.165, 1.54) is 0 Å². The van der Waals surface area contributed by atoms with E-state index in [1.807, 2.05) is 54.1 Å². The Morgan fingerprint density at radius 2 is 1.74 bits per heavy atom. The van der Waals surface area contributed by atoms with Gasteiger partial charge in [-0.05, 0) is 80.3 Å². The van der Waals surface area contributed by atoms with Crippen molar-refractivity contribution < 1.29 is 12.4 Å². The molecule has 0 bridgehead atoms. The molecule has 3 aromatic heterocycles. The fraction of sp³-hybridized carbons (Fsp3) is 0.273. The summed E-state index contributed by atoms with van der Waals surface area (Å²) >= 11 is 0. The monoisotopic (exact) mass is 565 g/mol. The molecule has 9 nitrogen and oxygen atoms in total. The van der Waals surface area contributed by atoms with Gasteiger partial charge in [-0.2, -0.15) is 0 Å². The Labute approximate surface area is 248 Å².